The van der Waals surface area contributed by atoms with Gasteiger partial charge in [0, 0.05) is 10.4 Å². The van der Waals surface area contributed by atoms with Gasteiger partial charge in [0.25, 0.3) is 0 Å². The zero-order valence-corrected chi connectivity index (χ0v) is 17.6. The summed E-state index contributed by atoms with van der Waals surface area (Å²) >= 11 is 5.97. The molecule has 0 fully saturated rings. The molecular formula is C26H21ClN2O2. The lowest BCUT2D eigenvalue weighted by molar-refractivity contribution is 0.273. The van der Waals surface area contributed by atoms with Crippen molar-refractivity contribution in [3.8, 4) is 11.5 Å². The smallest absolute Gasteiger partial charge is 0.148 e. The van der Waals surface area contributed by atoms with Gasteiger partial charge in [-0.05, 0) is 47.9 Å². The van der Waals surface area contributed by atoms with Crippen LogP contribution in [-0.2, 0) is 13.2 Å². The van der Waals surface area contributed by atoms with Crippen molar-refractivity contribution in [1.29, 1.82) is 0 Å². The van der Waals surface area contributed by atoms with E-state index in [0.29, 0.717) is 24.8 Å². The van der Waals surface area contributed by atoms with Crippen molar-refractivity contribution in [1.82, 2.24) is 9.55 Å². The first-order valence-electron chi connectivity index (χ1n) is 10.2. The molecule has 0 saturated carbocycles. The van der Waals surface area contributed by atoms with Gasteiger partial charge in [-0.2, -0.15) is 0 Å². The molecule has 0 amide bonds. The standard InChI is InChI=1S/C26H21ClN2O2/c27-20-12-14-21(15-13-20)31-18-26-28-23-9-3-4-10-24(23)29(26)16-17-30-25-11-5-7-19-6-1-2-8-22(19)25/h1-15H,16-18H2. The summed E-state index contributed by atoms with van der Waals surface area (Å²) in [4.78, 5) is 4.78. The number of ether oxygens (including phenoxy) is 2. The van der Waals surface area contributed by atoms with Crippen LogP contribution in [0.3, 0.4) is 0 Å². The number of hydrogen-bond acceptors (Lipinski definition) is 3. The summed E-state index contributed by atoms with van der Waals surface area (Å²) in [6.45, 7) is 1.57. The maximum Gasteiger partial charge on any atom is 0.148 e. The minimum absolute atomic E-state index is 0.366. The van der Waals surface area contributed by atoms with Gasteiger partial charge in [-0.3, -0.25) is 0 Å². The third kappa shape index (κ3) is 4.21. The molecule has 0 aliphatic rings. The highest BCUT2D eigenvalue weighted by atomic mass is 35.5. The molecule has 31 heavy (non-hydrogen) atoms. The Hall–Kier alpha value is -3.50. The van der Waals surface area contributed by atoms with E-state index in [1.165, 1.54) is 5.39 Å². The van der Waals surface area contributed by atoms with Gasteiger partial charge in [-0.25, -0.2) is 4.98 Å². The van der Waals surface area contributed by atoms with E-state index in [9.17, 15) is 0 Å². The average Bonchev–Trinajstić information content (AvgIpc) is 3.16. The number of aromatic nitrogens is 2. The van der Waals surface area contributed by atoms with E-state index in [4.69, 9.17) is 26.1 Å². The van der Waals surface area contributed by atoms with Crippen molar-refractivity contribution in [2.24, 2.45) is 0 Å². The van der Waals surface area contributed by atoms with Crippen molar-refractivity contribution in [3.05, 3.63) is 102 Å². The Kier molecular flexibility index (Phi) is 5.46. The van der Waals surface area contributed by atoms with Crippen LogP contribution < -0.4 is 9.47 Å². The Morgan fingerprint density at radius 1 is 0.774 bits per heavy atom. The third-order valence-corrected chi connectivity index (χ3v) is 5.49. The van der Waals surface area contributed by atoms with Gasteiger partial charge in [0.2, 0.25) is 0 Å². The molecule has 0 aliphatic carbocycles. The summed E-state index contributed by atoms with van der Waals surface area (Å²) in [5, 5.41) is 2.97. The molecule has 0 atom stereocenters. The first kappa shape index (κ1) is 19.5. The largest absolute Gasteiger partial charge is 0.491 e. The van der Waals surface area contributed by atoms with E-state index >= 15 is 0 Å². The van der Waals surface area contributed by atoms with Crippen molar-refractivity contribution in [2.45, 2.75) is 13.2 Å². The van der Waals surface area contributed by atoms with Crippen LogP contribution in [0.2, 0.25) is 5.02 Å². The molecular weight excluding hydrogens is 408 g/mol. The third-order valence-electron chi connectivity index (χ3n) is 5.24. The SMILES string of the molecule is Clc1ccc(OCc2nc3ccccc3n2CCOc2cccc3ccccc23)cc1. The second kappa shape index (κ2) is 8.70. The van der Waals surface area contributed by atoms with E-state index in [2.05, 4.69) is 28.8 Å². The fourth-order valence-corrected chi connectivity index (χ4v) is 3.86. The van der Waals surface area contributed by atoms with E-state index in [-0.39, 0.29) is 0 Å². The van der Waals surface area contributed by atoms with E-state index in [0.717, 1.165) is 33.7 Å². The molecule has 0 aliphatic heterocycles. The predicted octanol–water partition coefficient (Wildman–Crippen LogP) is 6.50. The number of fused-ring (bicyclic) bond motifs is 2. The maximum atomic E-state index is 6.17. The molecule has 0 radical (unpaired) electrons. The molecule has 4 nitrogen and oxygen atoms in total. The van der Waals surface area contributed by atoms with Gasteiger partial charge in [-0.15, -0.1) is 0 Å². The van der Waals surface area contributed by atoms with E-state index in [1.54, 1.807) is 0 Å². The number of para-hydroxylation sites is 2. The minimum atomic E-state index is 0.366. The number of nitrogens with zero attached hydrogens (tertiary/aromatic N) is 2. The van der Waals surface area contributed by atoms with Crippen LogP contribution in [0, 0.1) is 0 Å². The number of hydrogen-bond donors (Lipinski definition) is 0. The van der Waals surface area contributed by atoms with Crippen LogP contribution in [0.4, 0.5) is 0 Å². The maximum absolute atomic E-state index is 6.17. The normalized spacial score (nSPS) is 11.1. The predicted molar refractivity (Wildman–Crippen MR) is 125 cm³/mol. The molecule has 0 unspecified atom stereocenters. The highest BCUT2D eigenvalue weighted by Gasteiger charge is 2.12. The van der Waals surface area contributed by atoms with Crippen molar-refractivity contribution in [2.75, 3.05) is 6.61 Å². The van der Waals surface area contributed by atoms with E-state index < -0.39 is 0 Å². The zero-order valence-electron chi connectivity index (χ0n) is 16.9. The summed E-state index contributed by atoms with van der Waals surface area (Å²) in [5.41, 5.74) is 2.01. The van der Waals surface area contributed by atoms with Crippen molar-refractivity contribution >= 4 is 33.4 Å². The van der Waals surface area contributed by atoms with Gasteiger partial charge in [0.1, 0.15) is 30.5 Å². The van der Waals surface area contributed by atoms with Crippen LogP contribution in [0.25, 0.3) is 21.8 Å². The van der Waals surface area contributed by atoms with Crippen LogP contribution in [0.1, 0.15) is 5.82 Å². The Labute approximate surface area is 185 Å². The van der Waals surface area contributed by atoms with Gasteiger partial charge in [0.15, 0.2) is 0 Å². The molecule has 5 rings (SSSR count). The Balaban J connectivity index is 1.35. The highest BCUT2D eigenvalue weighted by Crippen LogP contribution is 2.25. The molecule has 5 aromatic rings. The number of halogens is 1. The Bertz CT molecular complexity index is 1320. The molecule has 0 spiro atoms. The highest BCUT2D eigenvalue weighted by molar-refractivity contribution is 6.30. The molecule has 0 saturated heterocycles. The molecule has 1 aromatic heterocycles. The lowest BCUT2D eigenvalue weighted by Gasteiger charge is -2.13. The first-order valence-corrected chi connectivity index (χ1v) is 10.6. The average molecular weight is 429 g/mol. The Morgan fingerprint density at radius 3 is 2.45 bits per heavy atom. The van der Waals surface area contributed by atoms with Gasteiger partial charge in [-0.1, -0.05) is 60.1 Å². The number of imidazole rings is 1. The van der Waals surface area contributed by atoms with Gasteiger partial charge in [0.05, 0.1) is 17.6 Å². The van der Waals surface area contributed by atoms with Crippen LogP contribution in [0.5, 0.6) is 11.5 Å². The topological polar surface area (TPSA) is 36.3 Å². The number of benzene rings is 4. The van der Waals surface area contributed by atoms with Gasteiger partial charge >= 0.3 is 0 Å². The first-order chi connectivity index (χ1) is 15.3. The van der Waals surface area contributed by atoms with Crippen LogP contribution in [0.15, 0.2) is 91.0 Å². The fourth-order valence-electron chi connectivity index (χ4n) is 3.73. The van der Waals surface area contributed by atoms with Gasteiger partial charge < -0.3 is 14.0 Å². The monoisotopic (exact) mass is 428 g/mol. The summed E-state index contributed by atoms with van der Waals surface area (Å²) in [7, 11) is 0. The Morgan fingerprint density at radius 2 is 1.55 bits per heavy atom. The molecule has 154 valence electrons. The van der Waals surface area contributed by atoms with Crippen molar-refractivity contribution in [3.63, 3.8) is 0 Å². The molecule has 0 bridgehead atoms. The minimum Gasteiger partial charge on any atom is -0.491 e. The van der Waals surface area contributed by atoms with Crippen LogP contribution in [-0.4, -0.2) is 16.2 Å². The fraction of sp³-hybridized carbons (Fsp3) is 0.115. The molecule has 4 aromatic carbocycles. The lowest BCUT2D eigenvalue weighted by Crippen LogP contribution is -2.13. The molecule has 0 N–H and O–H groups in total. The summed E-state index contributed by atoms with van der Waals surface area (Å²) in [5.74, 6) is 2.51. The second-order valence-electron chi connectivity index (χ2n) is 7.24. The van der Waals surface area contributed by atoms with E-state index in [1.807, 2.05) is 66.7 Å². The van der Waals surface area contributed by atoms with Crippen molar-refractivity contribution < 1.29 is 9.47 Å². The quantitative estimate of drug-likeness (QED) is 0.297. The molecule has 5 heteroatoms. The summed E-state index contributed by atoms with van der Waals surface area (Å²) in [6.07, 6.45) is 0. The second-order valence-corrected chi connectivity index (χ2v) is 7.67. The summed E-state index contributed by atoms with van der Waals surface area (Å²) < 4.78 is 14.3. The van der Waals surface area contributed by atoms with Crippen LogP contribution >= 0.6 is 11.6 Å². The number of rotatable bonds is 7. The molecule has 1 heterocycles. The summed E-state index contributed by atoms with van der Waals surface area (Å²) in [6, 6.07) is 29.9. The lowest BCUT2D eigenvalue weighted by atomic mass is 10.1. The zero-order chi connectivity index (χ0) is 21.0.